The van der Waals surface area contributed by atoms with E-state index >= 15 is 0 Å². The van der Waals surface area contributed by atoms with Crippen molar-refractivity contribution in [3.05, 3.63) is 34.1 Å². The fourth-order valence-corrected chi connectivity index (χ4v) is 2.94. The molecule has 1 aromatic rings. The van der Waals surface area contributed by atoms with Gasteiger partial charge >= 0.3 is 0 Å². The molecule has 18 heavy (non-hydrogen) atoms. The van der Waals surface area contributed by atoms with E-state index < -0.39 is 5.82 Å². The van der Waals surface area contributed by atoms with Gasteiger partial charge in [-0.15, -0.1) is 0 Å². The van der Waals surface area contributed by atoms with Crippen molar-refractivity contribution < 1.29 is 13.9 Å². The third kappa shape index (κ3) is 2.75. The summed E-state index contributed by atoms with van der Waals surface area (Å²) in [5, 5.41) is 0.616. The zero-order valence-electron chi connectivity index (χ0n) is 9.54. The molecule has 1 fully saturated rings. The largest absolute Gasteiger partial charge is 0.377 e. The molecule has 0 N–H and O–H groups in total. The number of nitrogens with zero attached hydrogens (tertiary/aromatic N) is 1. The predicted molar refractivity (Wildman–Crippen MR) is 73.5 cm³/mol. The molecule has 0 spiro atoms. The van der Waals surface area contributed by atoms with Gasteiger partial charge in [0, 0.05) is 16.3 Å². The van der Waals surface area contributed by atoms with E-state index in [1.54, 1.807) is 17.0 Å². The van der Waals surface area contributed by atoms with Gasteiger partial charge in [-0.1, -0.05) is 22.0 Å². The highest BCUT2D eigenvalue weighted by atomic mass is 79.9. The second-order valence-corrected chi connectivity index (χ2v) is 5.48. The van der Waals surface area contributed by atoms with Crippen LogP contribution in [0.1, 0.15) is 10.4 Å². The molecular weight excluding hydrogens is 369 g/mol. The predicted octanol–water partition coefficient (Wildman–Crippen LogP) is 2.82. The fraction of sp³-hybridized carbons (Fsp3) is 0.417. The van der Waals surface area contributed by atoms with Gasteiger partial charge in [-0.05, 0) is 28.1 Å². The number of rotatable bonds is 2. The topological polar surface area (TPSA) is 29.5 Å². The van der Waals surface area contributed by atoms with E-state index in [4.69, 9.17) is 4.74 Å². The smallest absolute Gasteiger partial charge is 0.258 e. The summed E-state index contributed by atoms with van der Waals surface area (Å²) in [6, 6.07) is 4.47. The minimum absolute atomic E-state index is 0.0576. The maximum absolute atomic E-state index is 13.8. The first kappa shape index (κ1) is 14.0. The lowest BCUT2D eigenvalue weighted by atomic mass is 10.1. The summed E-state index contributed by atoms with van der Waals surface area (Å²) in [5.74, 6) is -0.804. The fourth-order valence-electron chi connectivity index (χ4n) is 1.90. The van der Waals surface area contributed by atoms with Crippen LogP contribution in [0.15, 0.2) is 22.7 Å². The molecule has 1 atom stereocenters. The zero-order chi connectivity index (χ0) is 13.1. The van der Waals surface area contributed by atoms with Crippen molar-refractivity contribution in [3.8, 4) is 0 Å². The number of carbonyl (C=O) groups excluding carboxylic acids is 1. The molecule has 3 nitrogen and oxygen atoms in total. The van der Waals surface area contributed by atoms with Gasteiger partial charge in [-0.2, -0.15) is 0 Å². The van der Waals surface area contributed by atoms with Crippen LogP contribution < -0.4 is 0 Å². The number of alkyl halides is 1. The standard InChI is InChI=1S/C12H12Br2FNO2/c13-6-8-7-18-5-4-16(8)12(17)11-9(14)2-1-3-10(11)15/h1-3,8H,4-7H2. The van der Waals surface area contributed by atoms with Gasteiger partial charge < -0.3 is 9.64 Å². The molecule has 2 rings (SSSR count). The highest BCUT2D eigenvalue weighted by Crippen LogP contribution is 2.23. The van der Waals surface area contributed by atoms with E-state index in [-0.39, 0.29) is 17.5 Å². The Hall–Kier alpha value is -0.460. The summed E-state index contributed by atoms with van der Waals surface area (Å²) >= 11 is 6.58. The van der Waals surface area contributed by atoms with Crippen molar-refractivity contribution in [3.63, 3.8) is 0 Å². The van der Waals surface area contributed by atoms with Crippen LogP contribution in [0.25, 0.3) is 0 Å². The quantitative estimate of drug-likeness (QED) is 0.738. The van der Waals surface area contributed by atoms with Gasteiger partial charge in [0.15, 0.2) is 0 Å². The first-order valence-corrected chi connectivity index (χ1v) is 7.45. The van der Waals surface area contributed by atoms with Crippen molar-refractivity contribution in [2.24, 2.45) is 0 Å². The van der Waals surface area contributed by atoms with Crippen LogP contribution in [0.3, 0.4) is 0 Å². The monoisotopic (exact) mass is 379 g/mol. The van der Waals surface area contributed by atoms with Crippen molar-refractivity contribution >= 4 is 37.8 Å². The van der Waals surface area contributed by atoms with Crippen LogP contribution in [0.2, 0.25) is 0 Å². The minimum atomic E-state index is -0.505. The Morgan fingerprint density at radius 3 is 3.00 bits per heavy atom. The van der Waals surface area contributed by atoms with Crippen LogP contribution >= 0.6 is 31.9 Å². The Morgan fingerprint density at radius 2 is 2.33 bits per heavy atom. The van der Waals surface area contributed by atoms with E-state index in [0.717, 1.165) is 0 Å². The maximum Gasteiger partial charge on any atom is 0.258 e. The number of morpholine rings is 1. The molecule has 1 unspecified atom stereocenters. The van der Waals surface area contributed by atoms with Gasteiger partial charge in [0.05, 0.1) is 24.8 Å². The SMILES string of the molecule is O=C(c1c(F)cccc1Br)N1CCOCC1CBr. The summed E-state index contributed by atoms with van der Waals surface area (Å²) in [4.78, 5) is 14.0. The van der Waals surface area contributed by atoms with Crippen molar-refractivity contribution in [1.29, 1.82) is 0 Å². The lowest BCUT2D eigenvalue weighted by molar-refractivity contribution is 0.00494. The van der Waals surface area contributed by atoms with E-state index in [9.17, 15) is 9.18 Å². The second kappa shape index (κ2) is 6.12. The summed E-state index contributed by atoms with van der Waals surface area (Å²) in [6.45, 7) is 1.44. The molecule has 6 heteroatoms. The van der Waals surface area contributed by atoms with Gasteiger partial charge in [0.25, 0.3) is 5.91 Å². The van der Waals surface area contributed by atoms with Crippen molar-refractivity contribution in [1.82, 2.24) is 4.90 Å². The molecule has 0 bridgehead atoms. The summed E-state index contributed by atoms with van der Waals surface area (Å²) < 4.78 is 19.6. The number of hydrogen-bond acceptors (Lipinski definition) is 2. The molecule has 1 aromatic carbocycles. The number of amides is 1. The normalized spacial score (nSPS) is 19.9. The molecule has 1 aliphatic heterocycles. The third-order valence-electron chi connectivity index (χ3n) is 2.84. The second-order valence-electron chi connectivity index (χ2n) is 3.98. The van der Waals surface area contributed by atoms with Gasteiger partial charge in [0.1, 0.15) is 5.82 Å². The number of benzene rings is 1. The van der Waals surface area contributed by atoms with Gasteiger partial charge in [0.2, 0.25) is 0 Å². The van der Waals surface area contributed by atoms with E-state index in [1.165, 1.54) is 6.07 Å². The molecule has 0 radical (unpaired) electrons. The number of hydrogen-bond donors (Lipinski definition) is 0. The summed E-state index contributed by atoms with van der Waals surface area (Å²) in [6.07, 6.45) is 0. The first-order chi connectivity index (χ1) is 8.65. The number of carbonyl (C=O) groups is 1. The van der Waals surface area contributed by atoms with Gasteiger partial charge in [-0.25, -0.2) is 4.39 Å². The molecule has 1 heterocycles. The van der Waals surface area contributed by atoms with Crippen LogP contribution in [-0.2, 0) is 4.74 Å². The van der Waals surface area contributed by atoms with Crippen molar-refractivity contribution in [2.75, 3.05) is 25.1 Å². The molecule has 1 amide bonds. The molecule has 1 aliphatic rings. The first-order valence-electron chi connectivity index (χ1n) is 5.54. The van der Waals surface area contributed by atoms with Crippen LogP contribution in [-0.4, -0.2) is 41.9 Å². The molecule has 98 valence electrons. The lowest BCUT2D eigenvalue weighted by Crippen LogP contribution is -2.49. The van der Waals surface area contributed by atoms with Crippen LogP contribution in [0.5, 0.6) is 0 Å². The van der Waals surface area contributed by atoms with Crippen LogP contribution in [0, 0.1) is 5.82 Å². The van der Waals surface area contributed by atoms with E-state index in [1.807, 2.05) is 0 Å². The van der Waals surface area contributed by atoms with E-state index in [0.29, 0.717) is 29.6 Å². The lowest BCUT2D eigenvalue weighted by Gasteiger charge is -2.34. The van der Waals surface area contributed by atoms with Crippen molar-refractivity contribution in [2.45, 2.75) is 6.04 Å². The highest BCUT2D eigenvalue weighted by Gasteiger charge is 2.29. The Kier molecular flexibility index (Phi) is 4.75. The number of ether oxygens (including phenoxy) is 1. The zero-order valence-corrected chi connectivity index (χ0v) is 12.7. The Labute approximate surface area is 122 Å². The Morgan fingerprint density at radius 1 is 1.56 bits per heavy atom. The van der Waals surface area contributed by atoms with Crippen LogP contribution in [0.4, 0.5) is 4.39 Å². The number of halogens is 3. The summed E-state index contributed by atoms with van der Waals surface area (Å²) in [5.41, 5.74) is 0.0883. The molecule has 0 aromatic heterocycles. The molecule has 0 saturated carbocycles. The third-order valence-corrected chi connectivity index (χ3v) is 4.25. The minimum Gasteiger partial charge on any atom is -0.377 e. The van der Waals surface area contributed by atoms with Gasteiger partial charge in [-0.3, -0.25) is 4.79 Å². The average Bonchev–Trinajstić information content (AvgIpc) is 2.38. The Balaban J connectivity index is 2.30. The maximum atomic E-state index is 13.8. The highest BCUT2D eigenvalue weighted by molar-refractivity contribution is 9.10. The molecule has 0 aliphatic carbocycles. The average molecular weight is 381 g/mol. The Bertz CT molecular complexity index is 435. The summed E-state index contributed by atoms with van der Waals surface area (Å²) in [7, 11) is 0. The van der Waals surface area contributed by atoms with E-state index in [2.05, 4.69) is 31.9 Å². The molecule has 1 saturated heterocycles. The molecular formula is C12H12Br2FNO2.